The molecule has 0 aromatic heterocycles. The van der Waals surface area contributed by atoms with E-state index >= 15 is 0 Å². The van der Waals surface area contributed by atoms with E-state index in [4.69, 9.17) is 32.9 Å². The van der Waals surface area contributed by atoms with E-state index in [0.29, 0.717) is 38.9 Å². The highest BCUT2D eigenvalue weighted by molar-refractivity contribution is 8.15. The summed E-state index contributed by atoms with van der Waals surface area (Å²) in [6, 6.07) is 22.2. The molecule has 1 fully saturated rings. The number of amides is 2. The van der Waals surface area contributed by atoms with Gasteiger partial charge in [0.2, 0.25) is 11.8 Å². The molecular formula is C27H25Cl2N3O3S. The Kier molecular flexibility index (Phi) is 8.91. The van der Waals surface area contributed by atoms with E-state index in [0.717, 1.165) is 12.8 Å². The summed E-state index contributed by atoms with van der Waals surface area (Å²) in [4.78, 5) is 32.7. The van der Waals surface area contributed by atoms with Crippen LogP contribution in [0.4, 0.5) is 11.4 Å². The molecule has 186 valence electrons. The molecule has 1 atom stereocenters. The lowest BCUT2D eigenvalue weighted by molar-refractivity contribution is -0.129. The molecule has 1 heterocycles. The van der Waals surface area contributed by atoms with Crippen LogP contribution in [0.1, 0.15) is 18.4 Å². The molecule has 36 heavy (non-hydrogen) atoms. The summed E-state index contributed by atoms with van der Waals surface area (Å²) in [7, 11) is 1.60. The number of halogens is 2. The third kappa shape index (κ3) is 7.03. The maximum Gasteiger partial charge on any atom is 0.238 e. The molecular weight excluding hydrogens is 517 g/mol. The summed E-state index contributed by atoms with van der Waals surface area (Å²) < 4.78 is 5.22. The van der Waals surface area contributed by atoms with Crippen LogP contribution in [0.25, 0.3) is 0 Å². The van der Waals surface area contributed by atoms with Crippen molar-refractivity contribution in [1.82, 2.24) is 4.90 Å². The van der Waals surface area contributed by atoms with Gasteiger partial charge in [0.15, 0.2) is 5.17 Å². The van der Waals surface area contributed by atoms with E-state index in [1.165, 1.54) is 17.3 Å². The number of aryl methyl sites for hydroxylation is 1. The number of aliphatic imine (C=N–C) groups is 1. The number of amidine groups is 1. The minimum atomic E-state index is -0.641. The average Bonchev–Trinajstić information content (AvgIpc) is 2.86. The number of hydrogen-bond donors (Lipinski definition) is 1. The van der Waals surface area contributed by atoms with Gasteiger partial charge in [0.1, 0.15) is 11.0 Å². The monoisotopic (exact) mass is 541 g/mol. The second kappa shape index (κ2) is 12.3. The predicted molar refractivity (Wildman–Crippen MR) is 148 cm³/mol. The molecule has 6 nitrogen and oxygen atoms in total. The molecule has 3 aromatic carbocycles. The zero-order valence-electron chi connectivity index (χ0n) is 19.6. The van der Waals surface area contributed by atoms with Crippen molar-refractivity contribution in [2.75, 3.05) is 19.0 Å². The number of anilines is 1. The first-order valence-electron chi connectivity index (χ1n) is 11.4. The van der Waals surface area contributed by atoms with Gasteiger partial charge in [-0.2, -0.15) is 0 Å². The average molecular weight is 542 g/mol. The summed E-state index contributed by atoms with van der Waals surface area (Å²) in [6.07, 6.45) is 1.68. The van der Waals surface area contributed by atoms with Gasteiger partial charge in [-0.15, -0.1) is 0 Å². The number of carbonyl (C=O) groups is 2. The minimum Gasteiger partial charge on any atom is -0.497 e. The molecule has 0 radical (unpaired) electrons. The van der Waals surface area contributed by atoms with Crippen molar-refractivity contribution in [1.29, 1.82) is 0 Å². The number of nitrogens with one attached hydrogen (secondary N) is 1. The molecule has 4 rings (SSSR count). The molecule has 1 N–H and O–H groups in total. The first kappa shape index (κ1) is 26.1. The van der Waals surface area contributed by atoms with Crippen molar-refractivity contribution < 1.29 is 14.3 Å². The highest BCUT2D eigenvalue weighted by Gasteiger charge is 2.35. The quantitative estimate of drug-likeness (QED) is 0.349. The molecule has 1 aliphatic rings. The fourth-order valence-corrected chi connectivity index (χ4v) is 5.41. The smallest absolute Gasteiger partial charge is 0.238 e. The van der Waals surface area contributed by atoms with Gasteiger partial charge in [-0.1, -0.05) is 65.3 Å². The van der Waals surface area contributed by atoms with Crippen LogP contribution < -0.4 is 10.1 Å². The normalized spacial score (nSPS) is 16.8. The van der Waals surface area contributed by atoms with Crippen LogP contribution in [0.5, 0.6) is 5.75 Å². The van der Waals surface area contributed by atoms with Crippen LogP contribution in [0.3, 0.4) is 0 Å². The molecule has 3 aromatic rings. The maximum atomic E-state index is 13.2. The van der Waals surface area contributed by atoms with Gasteiger partial charge >= 0.3 is 0 Å². The Morgan fingerprint density at radius 3 is 2.44 bits per heavy atom. The summed E-state index contributed by atoms with van der Waals surface area (Å²) >= 11 is 13.4. The van der Waals surface area contributed by atoms with Crippen molar-refractivity contribution >= 4 is 63.3 Å². The second-order valence-corrected chi connectivity index (χ2v) is 10.2. The maximum absolute atomic E-state index is 13.2. The van der Waals surface area contributed by atoms with Gasteiger partial charge in [0.25, 0.3) is 0 Å². The lowest BCUT2D eigenvalue weighted by Crippen LogP contribution is -2.45. The lowest BCUT2D eigenvalue weighted by atomic mass is 10.1. The van der Waals surface area contributed by atoms with Crippen LogP contribution >= 0.6 is 35.0 Å². The van der Waals surface area contributed by atoms with E-state index in [2.05, 4.69) is 17.4 Å². The molecule has 0 spiro atoms. The first-order valence-corrected chi connectivity index (χ1v) is 13.1. The van der Waals surface area contributed by atoms with Crippen LogP contribution in [-0.2, 0) is 16.0 Å². The SMILES string of the molecule is COc1ccc(N=C2SC(C(=O)Nc3cc(Cl)cc(Cl)c3)CC(=O)N2CCCc2ccccc2)cc1. The van der Waals surface area contributed by atoms with Crippen LogP contribution in [-0.4, -0.2) is 40.8 Å². The van der Waals surface area contributed by atoms with Gasteiger partial charge in [-0.3, -0.25) is 14.5 Å². The van der Waals surface area contributed by atoms with E-state index in [1.807, 2.05) is 42.5 Å². The van der Waals surface area contributed by atoms with Crippen molar-refractivity contribution in [3.8, 4) is 5.75 Å². The number of thioether (sulfide) groups is 1. The number of benzene rings is 3. The summed E-state index contributed by atoms with van der Waals surface area (Å²) in [6.45, 7) is 0.508. The zero-order valence-corrected chi connectivity index (χ0v) is 21.9. The number of carbonyl (C=O) groups excluding carboxylic acids is 2. The van der Waals surface area contributed by atoms with Gasteiger partial charge in [0, 0.05) is 28.7 Å². The second-order valence-electron chi connectivity index (χ2n) is 8.18. The van der Waals surface area contributed by atoms with Crippen molar-refractivity contribution in [3.63, 3.8) is 0 Å². The topological polar surface area (TPSA) is 71.0 Å². The minimum absolute atomic E-state index is 0.0672. The highest BCUT2D eigenvalue weighted by atomic mass is 35.5. The molecule has 9 heteroatoms. The van der Waals surface area contributed by atoms with Crippen molar-refractivity contribution in [2.45, 2.75) is 24.5 Å². The van der Waals surface area contributed by atoms with Crippen LogP contribution in [0.15, 0.2) is 77.8 Å². The number of methoxy groups -OCH3 is 1. The van der Waals surface area contributed by atoms with Gasteiger partial charge < -0.3 is 10.1 Å². The van der Waals surface area contributed by atoms with E-state index in [9.17, 15) is 9.59 Å². The number of ether oxygens (including phenoxy) is 1. The fraction of sp³-hybridized carbons (Fsp3) is 0.222. The van der Waals surface area contributed by atoms with Crippen LogP contribution in [0, 0.1) is 0 Å². The fourth-order valence-electron chi connectivity index (χ4n) is 3.76. The third-order valence-corrected chi connectivity index (χ3v) is 7.17. The zero-order chi connectivity index (χ0) is 25.5. The Morgan fingerprint density at radius 1 is 1.08 bits per heavy atom. The Bertz CT molecular complexity index is 1230. The number of hydrogen-bond acceptors (Lipinski definition) is 5. The number of nitrogens with zero attached hydrogens (tertiary/aromatic N) is 2. The standard InChI is InChI=1S/C27H25Cl2N3O3S/c1-35-23-11-9-21(10-12-23)31-27-32(13-5-8-18-6-3-2-4-7-18)25(33)17-24(36-27)26(34)30-22-15-19(28)14-20(29)16-22/h2-4,6-7,9-12,14-16,24H,5,8,13,17H2,1H3,(H,30,34). The van der Waals surface area contributed by atoms with E-state index < -0.39 is 5.25 Å². The molecule has 1 saturated heterocycles. The molecule has 1 aliphatic heterocycles. The van der Waals surface area contributed by atoms with Gasteiger partial charge in [-0.05, 0) is 60.9 Å². The Morgan fingerprint density at radius 2 is 1.78 bits per heavy atom. The summed E-state index contributed by atoms with van der Waals surface area (Å²) in [5.74, 6) is 0.264. The molecule has 0 saturated carbocycles. The summed E-state index contributed by atoms with van der Waals surface area (Å²) in [5, 5.41) is 3.50. The van der Waals surface area contributed by atoms with Crippen molar-refractivity contribution in [2.24, 2.45) is 4.99 Å². The molecule has 1 unspecified atom stereocenters. The Hall–Kier alpha value is -3.00. The molecule has 2 amide bonds. The Labute approximate surface area is 224 Å². The van der Waals surface area contributed by atoms with Gasteiger partial charge in [-0.25, -0.2) is 4.99 Å². The number of rotatable bonds is 8. The molecule has 0 aliphatic carbocycles. The van der Waals surface area contributed by atoms with E-state index in [1.54, 1.807) is 30.2 Å². The Balaban J connectivity index is 1.52. The van der Waals surface area contributed by atoms with Gasteiger partial charge in [0.05, 0.1) is 12.8 Å². The lowest BCUT2D eigenvalue weighted by Gasteiger charge is -2.32. The third-order valence-electron chi connectivity index (χ3n) is 5.55. The summed E-state index contributed by atoms with van der Waals surface area (Å²) in [5.41, 5.74) is 2.35. The van der Waals surface area contributed by atoms with Crippen LogP contribution in [0.2, 0.25) is 10.0 Å². The predicted octanol–water partition coefficient (Wildman–Crippen LogP) is 6.60. The first-order chi connectivity index (χ1) is 17.4. The van der Waals surface area contributed by atoms with E-state index in [-0.39, 0.29) is 18.2 Å². The largest absolute Gasteiger partial charge is 0.497 e. The molecule has 0 bridgehead atoms. The van der Waals surface area contributed by atoms with Crippen molar-refractivity contribution in [3.05, 3.63) is 88.4 Å². The highest BCUT2D eigenvalue weighted by Crippen LogP contribution is 2.31.